The van der Waals surface area contributed by atoms with E-state index >= 15 is 0 Å². The molecule has 3 aromatic rings. The number of benzene rings is 2. The second-order valence-electron chi connectivity index (χ2n) is 7.26. The van der Waals surface area contributed by atoms with Gasteiger partial charge in [0.05, 0.1) is 24.5 Å². The Morgan fingerprint density at radius 2 is 1.94 bits per heavy atom. The van der Waals surface area contributed by atoms with Crippen LogP contribution in [0.2, 0.25) is 5.02 Å². The minimum atomic E-state index is -1.06. The fraction of sp³-hybridized carbons (Fsp3) is 0.125. The second kappa shape index (κ2) is 8.84. The van der Waals surface area contributed by atoms with Gasteiger partial charge in [-0.1, -0.05) is 17.7 Å². The number of carbonyl (C=O) groups excluding carboxylic acids is 3. The molecule has 0 aliphatic carbocycles. The summed E-state index contributed by atoms with van der Waals surface area (Å²) in [6.45, 7) is 1.36. The molecule has 168 valence electrons. The number of amides is 2. The third-order valence-corrected chi connectivity index (χ3v) is 5.35. The van der Waals surface area contributed by atoms with Crippen molar-refractivity contribution in [2.75, 3.05) is 17.3 Å². The zero-order valence-corrected chi connectivity index (χ0v) is 18.4. The lowest BCUT2D eigenvalue weighted by atomic mass is 9.98. The molecule has 0 bridgehead atoms. The van der Waals surface area contributed by atoms with Crippen LogP contribution in [-0.2, 0) is 14.4 Å². The highest BCUT2D eigenvalue weighted by atomic mass is 35.5. The van der Waals surface area contributed by atoms with Crippen molar-refractivity contribution in [2.45, 2.75) is 13.0 Å². The second-order valence-corrected chi connectivity index (χ2v) is 7.70. The minimum Gasteiger partial charge on any atom is -0.507 e. The average molecular weight is 467 g/mol. The van der Waals surface area contributed by atoms with E-state index in [4.69, 9.17) is 20.8 Å². The molecular weight excluding hydrogens is 448 g/mol. The molecule has 2 heterocycles. The average Bonchev–Trinajstić information content (AvgIpc) is 3.40. The number of aliphatic hydroxyl groups excluding tert-OH is 1. The van der Waals surface area contributed by atoms with E-state index in [2.05, 4.69) is 5.32 Å². The molecule has 2 amide bonds. The SMILES string of the molecule is COc1ccc(Cl)cc1/C(O)=C1/C(=O)C(=O)N(c2cccc(NC(C)=O)c2)C1c1ccco1. The summed E-state index contributed by atoms with van der Waals surface area (Å²) < 4.78 is 10.8. The van der Waals surface area contributed by atoms with Gasteiger partial charge in [0.25, 0.3) is 11.7 Å². The number of rotatable bonds is 5. The van der Waals surface area contributed by atoms with Crippen LogP contribution in [0, 0.1) is 0 Å². The molecule has 0 radical (unpaired) electrons. The molecule has 1 aliphatic rings. The molecule has 0 saturated carbocycles. The van der Waals surface area contributed by atoms with E-state index in [1.165, 1.54) is 31.3 Å². The first-order chi connectivity index (χ1) is 15.8. The van der Waals surface area contributed by atoms with Gasteiger partial charge in [0.15, 0.2) is 0 Å². The predicted molar refractivity (Wildman–Crippen MR) is 122 cm³/mol. The number of anilines is 2. The van der Waals surface area contributed by atoms with Crippen LogP contribution in [0.1, 0.15) is 24.3 Å². The van der Waals surface area contributed by atoms with E-state index in [1.54, 1.807) is 48.5 Å². The summed E-state index contributed by atoms with van der Waals surface area (Å²) in [6.07, 6.45) is 1.41. The van der Waals surface area contributed by atoms with Crippen LogP contribution in [0.25, 0.3) is 5.76 Å². The first-order valence-corrected chi connectivity index (χ1v) is 10.3. The van der Waals surface area contributed by atoms with Gasteiger partial charge in [-0.05, 0) is 48.5 Å². The summed E-state index contributed by atoms with van der Waals surface area (Å²) in [5, 5.41) is 14.2. The zero-order chi connectivity index (χ0) is 23.7. The number of furan rings is 1. The monoisotopic (exact) mass is 466 g/mol. The van der Waals surface area contributed by atoms with Crippen molar-refractivity contribution in [2.24, 2.45) is 0 Å². The Morgan fingerprint density at radius 1 is 1.15 bits per heavy atom. The fourth-order valence-electron chi connectivity index (χ4n) is 3.76. The van der Waals surface area contributed by atoms with Crippen molar-refractivity contribution >= 4 is 46.3 Å². The predicted octanol–water partition coefficient (Wildman–Crippen LogP) is 4.53. The summed E-state index contributed by atoms with van der Waals surface area (Å²) in [5.41, 5.74) is 0.755. The first-order valence-electron chi connectivity index (χ1n) is 9.87. The molecule has 4 rings (SSSR count). The van der Waals surface area contributed by atoms with Crippen molar-refractivity contribution in [3.8, 4) is 5.75 Å². The topological polar surface area (TPSA) is 109 Å². The van der Waals surface area contributed by atoms with Crippen LogP contribution in [0.15, 0.2) is 70.9 Å². The highest BCUT2D eigenvalue weighted by Crippen LogP contribution is 2.44. The Balaban J connectivity index is 1.92. The molecule has 0 spiro atoms. The van der Waals surface area contributed by atoms with E-state index in [0.717, 1.165) is 0 Å². The lowest BCUT2D eigenvalue weighted by molar-refractivity contribution is -0.132. The number of Topliss-reactive ketones (excluding diaryl/α,β-unsaturated/α-hetero) is 1. The van der Waals surface area contributed by atoms with E-state index in [9.17, 15) is 19.5 Å². The lowest BCUT2D eigenvalue weighted by Gasteiger charge is -2.24. The number of nitrogens with one attached hydrogen (secondary N) is 1. The number of ether oxygens (including phenoxy) is 1. The zero-order valence-electron chi connectivity index (χ0n) is 17.7. The molecule has 1 saturated heterocycles. The Morgan fingerprint density at radius 3 is 2.61 bits per heavy atom. The Kier molecular flexibility index (Phi) is 5.93. The minimum absolute atomic E-state index is 0.159. The summed E-state index contributed by atoms with van der Waals surface area (Å²) in [7, 11) is 1.41. The van der Waals surface area contributed by atoms with Crippen molar-refractivity contribution in [1.82, 2.24) is 0 Å². The maximum atomic E-state index is 13.2. The van der Waals surface area contributed by atoms with Gasteiger partial charge < -0.3 is 19.6 Å². The van der Waals surface area contributed by atoms with Gasteiger partial charge in [0, 0.05) is 23.3 Å². The number of carbonyl (C=O) groups is 3. The molecule has 2 N–H and O–H groups in total. The molecule has 9 heteroatoms. The van der Waals surface area contributed by atoms with Crippen LogP contribution >= 0.6 is 11.6 Å². The van der Waals surface area contributed by atoms with Crippen LogP contribution < -0.4 is 15.0 Å². The fourth-order valence-corrected chi connectivity index (χ4v) is 3.93. The van der Waals surface area contributed by atoms with Crippen molar-refractivity contribution in [1.29, 1.82) is 0 Å². The standard InChI is InChI=1S/C24H19ClN2O6/c1-13(28)26-15-5-3-6-16(12-15)27-21(19-7-4-10-33-19)20(23(30)24(27)31)22(29)17-11-14(25)8-9-18(17)32-2/h3-12,21,29H,1-2H3,(H,26,28)/b22-20-. The van der Waals surface area contributed by atoms with E-state index in [1.807, 2.05) is 0 Å². The highest BCUT2D eigenvalue weighted by Gasteiger charge is 2.48. The molecule has 1 unspecified atom stereocenters. The summed E-state index contributed by atoms with van der Waals surface area (Å²) in [4.78, 5) is 39.0. The summed E-state index contributed by atoms with van der Waals surface area (Å²) >= 11 is 6.10. The van der Waals surface area contributed by atoms with Gasteiger partial charge in [0.1, 0.15) is 23.3 Å². The van der Waals surface area contributed by atoms with Gasteiger partial charge in [-0.15, -0.1) is 0 Å². The number of aliphatic hydroxyl groups is 1. The quantitative estimate of drug-likeness (QED) is 0.325. The number of hydrogen-bond donors (Lipinski definition) is 2. The van der Waals surface area contributed by atoms with Crippen LogP contribution in [0.3, 0.4) is 0 Å². The Labute approximate surface area is 194 Å². The van der Waals surface area contributed by atoms with Gasteiger partial charge >= 0.3 is 0 Å². The number of hydrogen-bond acceptors (Lipinski definition) is 6. The maximum absolute atomic E-state index is 13.2. The molecule has 1 aromatic heterocycles. The Hall–Kier alpha value is -4.04. The first kappa shape index (κ1) is 22.2. The lowest BCUT2D eigenvalue weighted by Crippen LogP contribution is -2.29. The summed E-state index contributed by atoms with van der Waals surface area (Å²) in [6, 6.07) is 13.2. The van der Waals surface area contributed by atoms with Crippen molar-refractivity contribution < 1.29 is 28.6 Å². The van der Waals surface area contributed by atoms with Gasteiger partial charge in [-0.3, -0.25) is 19.3 Å². The van der Waals surface area contributed by atoms with Gasteiger partial charge in [0.2, 0.25) is 5.91 Å². The van der Waals surface area contributed by atoms with E-state index in [-0.39, 0.29) is 28.6 Å². The number of ketones is 1. The molecule has 33 heavy (non-hydrogen) atoms. The molecule has 1 atom stereocenters. The van der Waals surface area contributed by atoms with Crippen LogP contribution in [-0.4, -0.2) is 29.8 Å². The van der Waals surface area contributed by atoms with Gasteiger partial charge in [-0.25, -0.2) is 0 Å². The largest absolute Gasteiger partial charge is 0.507 e. The van der Waals surface area contributed by atoms with Crippen LogP contribution in [0.4, 0.5) is 11.4 Å². The molecule has 8 nitrogen and oxygen atoms in total. The number of methoxy groups -OCH3 is 1. The molecule has 1 aliphatic heterocycles. The smallest absolute Gasteiger partial charge is 0.300 e. The Bertz CT molecular complexity index is 1280. The number of nitrogens with zero attached hydrogens (tertiary/aromatic N) is 1. The summed E-state index contributed by atoms with van der Waals surface area (Å²) in [5.74, 6) is -1.96. The molecule has 2 aromatic carbocycles. The normalized spacial score (nSPS) is 17.3. The highest BCUT2D eigenvalue weighted by molar-refractivity contribution is 6.51. The van der Waals surface area contributed by atoms with E-state index in [0.29, 0.717) is 16.4 Å². The van der Waals surface area contributed by atoms with E-state index < -0.39 is 23.5 Å². The van der Waals surface area contributed by atoms with Crippen LogP contribution in [0.5, 0.6) is 5.75 Å². The number of halogens is 1. The maximum Gasteiger partial charge on any atom is 0.300 e. The third kappa shape index (κ3) is 4.08. The van der Waals surface area contributed by atoms with Gasteiger partial charge in [-0.2, -0.15) is 0 Å². The molecule has 1 fully saturated rings. The van der Waals surface area contributed by atoms with Crippen molar-refractivity contribution in [3.05, 3.63) is 82.8 Å². The third-order valence-electron chi connectivity index (χ3n) is 5.12. The van der Waals surface area contributed by atoms with Crippen molar-refractivity contribution in [3.63, 3.8) is 0 Å². The molecular formula is C24H19ClN2O6.